The fraction of sp³-hybridized carbons (Fsp3) is 1.00. The minimum Gasteiger partial charge on any atom is -0.377 e. The fourth-order valence-corrected chi connectivity index (χ4v) is 2.91. The van der Waals surface area contributed by atoms with Gasteiger partial charge in [0.25, 0.3) is 0 Å². The highest BCUT2D eigenvalue weighted by molar-refractivity contribution is 4.90. The molecule has 2 atom stereocenters. The molecule has 2 heteroatoms. The number of hydrogen-bond donors (Lipinski definition) is 1. The molecule has 0 bridgehead atoms. The van der Waals surface area contributed by atoms with Crippen LogP contribution in [0.3, 0.4) is 0 Å². The van der Waals surface area contributed by atoms with Crippen molar-refractivity contribution in [3.8, 4) is 0 Å². The van der Waals surface area contributed by atoms with E-state index in [0.717, 1.165) is 18.4 Å². The number of likely N-dealkylation sites (N-methyl/N-ethyl adjacent to an activating group) is 1. The zero-order valence-electron chi connectivity index (χ0n) is 9.39. The summed E-state index contributed by atoms with van der Waals surface area (Å²) in [4.78, 5) is 0. The van der Waals surface area contributed by atoms with Gasteiger partial charge in [-0.15, -0.1) is 0 Å². The lowest BCUT2D eigenvalue weighted by atomic mass is 9.73. The van der Waals surface area contributed by atoms with Crippen LogP contribution in [0, 0.1) is 11.8 Å². The van der Waals surface area contributed by atoms with Gasteiger partial charge in [-0.1, -0.05) is 13.8 Å². The van der Waals surface area contributed by atoms with Crippen LogP contribution in [-0.2, 0) is 4.74 Å². The Morgan fingerprint density at radius 2 is 1.85 bits per heavy atom. The molecule has 0 saturated heterocycles. The Hall–Kier alpha value is -0.0800. The molecule has 78 valence electrons. The van der Waals surface area contributed by atoms with Crippen molar-refractivity contribution in [1.82, 2.24) is 5.32 Å². The number of ether oxygens (including phenoxy) is 1. The van der Waals surface area contributed by atoms with Gasteiger partial charge in [0.2, 0.25) is 0 Å². The van der Waals surface area contributed by atoms with E-state index in [9.17, 15) is 0 Å². The van der Waals surface area contributed by atoms with Gasteiger partial charge < -0.3 is 10.1 Å². The third-order valence-electron chi connectivity index (χ3n) is 3.18. The van der Waals surface area contributed by atoms with E-state index < -0.39 is 0 Å². The first-order valence-corrected chi connectivity index (χ1v) is 5.31. The zero-order chi connectivity index (χ0) is 9.90. The summed E-state index contributed by atoms with van der Waals surface area (Å²) < 4.78 is 5.70. The lowest BCUT2D eigenvalue weighted by Crippen LogP contribution is -2.46. The van der Waals surface area contributed by atoms with E-state index in [1.54, 1.807) is 0 Å². The number of nitrogens with one attached hydrogen (secondary N) is 1. The van der Waals surface area contributed by atoms with Crippen LogP contribution < -0.4 is 5.32 Å². The van der Waals surface area contributed by atoms with Gasteiger partial charge in [0.1, 0.15) is 0 Å². The lowest BCUT2D eigenvalue weighted by molar-refractivity contribution is -0.0637. The number of hydrogen-bond acceptors (Lipinski definition) is 2. The van der Waals surface area contributed by atoms with Crippen molar-refractivity contribution in [1.29, 1.82) is 0 Å². The highest BCUT2D eigenvalue weighted by Gasteiger charge is 2.37. The average molecular weight is 185 g/mol. The number of rotatable bonds is 3. The molecule has 1 aliphatic rings. The Balaban J connectivity index is 2.62. The summed E-state index contributed by atoms with van der Waals surface area (Å²) in [5.41, 5.74) is 0.103. The molecule has 13 heavy (non-hydrogen) atoms. The van der Waals surface area contributed by atoms with Gasteiger partial charge in [-0.25, -0.2) is 0 Å². The molecular formula is C11H23NO. The molecule has 2 unspecified atom stereocenters. The summed E-state index contributed by atoms with van der Waals surface area (Å²) in [7, 11) is 3.85. The van der Waals surface area contributed by atoms with E-state index in [2.05, 4.69) is 19.2 Å². The van der Waals surface area contributed by atoms with Crippen molar-refractivity contribution in [2.24, 2.45) is 11.8 Å². The second kappa shape index (κ2) is 4.43. The topological polar surface area (TPSA) is 21.3 Å². The molecule has 2 nitrogen and oxygen atoms in total. The molecule has 0 aromatic carbocycles. The lowest BCUT2D eigenvalue weighted by Gasteiger charge is -2.41. The van der Waals surface area contributed by atoms with Gasteiger partial charge in [0.15, 0.2) is 0 Å². The largest absolute Gasteiger partial charge is 0.377 e. The molecular weight excluding hydrogens is 162 g/mol. The van der Waals surface area contributed by atoms with Crippen molar-refractivity contribution in [2.75, 3.05) is 20.7 Å². The summed E-state index contributed by atoms with van der Waals surface area (Å²) in [6, 6.07) is 0. The van der Waals surface area contributed by atoms with E-state index >= 15 is 0 Å². The monoisotopic (exact) mass is 185 g/mol. The third kappa shape index (κ3) is 2.68. The Morgan fingerprint density at radius 3 is 2.23 bits per heavy atom. The van der Waals surface area contributed by atoms with Crippen LogP contribution >= 0.6 is 0 Å². The predicted molar refractivity (Wildman–Crippen MR) is 55.8 cm³/mol. The van der Waals surface area contributed by atoms with E-state index in [1.165, 1.54) is 19.3 Å². The average Bonchev–Trinajstić information content (AvgIpc) is 2.03. The summed E-state index contributed by atoms with van der Waals surface area (Å²) in [6.45, 7) is 5.65. The Morgan fingerprint density at radius 1 is 1.31 bits per heavy atom. The maximum Gasteiger partial charge on any atom is 0.0807 e. The molecule has 1 rings (SSSR count). The maximum atomic E-state index is 5.70. The van der Waals surface area contributed by atoms with E-state index in [4.69, 9.17) is 4.74 Å². The summed E-state index contributed by atoms with van der Waals surface area (Å²) in [5.74, 6) is 1.61. The van der Waals surface area contributed by atoms with Crippen LogP contribution in [0.25, 0.3) is 0 Å². The van der Waals surface area contributed by atoms with Crippen LogP contribution in [0.5, 0.6) is 0 Å². The smallest absolute Gasteiger partial charge is 0.0807 e. The van der Waals surface area contributed by atoms with Crippen LogP contribution in [0.2, 0.25) is 0 Å². The van der Waals surface area contributed by atoms with Crippen molar-refractivity contribution in [2.45, 2.75) is 38.7 Å². The van der Waals surface area contributed by atoms with Gasteiger partial charge >= 0.3 is 0 Å². The first-order chi connectivity index (χ1) is 6.12. The fourth-order valence-electron chi connectivity index (χ4n) is 2.91. The van der Waals surface area contributed by atoms with Crippen molar-refractivity contribution < 1.29 is 4.74 Å². The highest BCUT2D eigenvalue weighted by atomic mass is 16.5. The van der Waals surface area contributed by atoms with E-state index in [1.807, 2.05) is 14.2 Å². The summed E-state index contributed by atoms with van der Waals surface area (Å²) in [5, 5.41) is 3.25. The Labute approximate surface area is 82.0 Å². The molecule has 1 N–H and O–H groups in total. The van der Waals surface area contributed by atoms with Crippen molar-refractivity contribution in [3.05, 3.63) is 0 Å². The maximum absolute atomic E-state index is 5.70. The molecule has 1 fully saturated rings. The third-order valence-corrected chi connectivity index (χ3v) is 3.18. The minimum absolute atomic E-state index is 0.103. The molecule has 1 saturated carbocycles. The SMILES string of the molecule is CNCC1(OC)CC(C)CC(C)C1. The Kier molecular flexibility index (Phi) is 3.74. The van der Waals surface area contributed by atoms with Gasteiger partial charge in [-0.05, 0) is 38.1 Å². The quantitative estimate of drug-likeness (QED) is 0.726. The van der Waals surface area contributed by atoms with Crippen LogP contribution in [-0.4, -0.2) is 26.3 Å². The van der Waals surface area contributed by atoms with Crippen LogP contribution in [0.1, 0.15) is 33.1 Å². The summed E-state index contributed by atoms with van der Waals surface area (Å²) in [6.07, 6.45) is 3.76. The minimum atomic E-state index is 0.103. The second-order valence-corrected chi connectivity index (χ2v) is 4.77. The van der Waals surface area contributed by atoms with Crippen LogP contribution in [0.15, 0.2) is 0 Å². The second-order valence-electron chi connectivity index (χ2n) is 4.77. The Bertz CT molecular complexity index is 148. The van der Waals surface area contributed by atoms with E-state index in [-0.39, 0.29) is 5.60 Å². The van der Waals surface area contributed by atoms with Gasteiger partial charge in [-0.3, -0.25) is 0 Å². The molecule has 0 aromatic heterocycles. The van der Waals surface area contributed by atoms with E-state index in [0.29, 0.717) is 0 Å². The molecule has 0 spiro atoms. The van der Waals surface area contributed by atoms with Crippen LogP contribution in [0.4, 0.5) is 0 Å². The molecule has 0 amide bonds. The zero-order valence-corrected chi connectivity index (χ0v) is 9.39. The first-order valence-electron chi connectivity index (χ1n) is 5.31. The molecule has 0 aromatic rings. The molecule has 0 radical (unpaired) electrons. The molecule has 0 heterocycles. The first kappa shape index (κ1) is 11.0. The van der Waals surface area contributed by atoms with Gasteiger partial charge in [-0.2, -0.15) is 0 Å². The highest BCUT2D eigenvalue weighted by Crippen LogP contribution is 2.37. The van der Waals surface area contributed by atoms with Crippen molar-refractivity contribution in [3.63, 3.8) is 0 Å². The summed E-state index contributed by atoms with van der Waals surface area (Å²) >= 11 is 0. The van der Waals surface area contributed by atoms with Crippen molar-refractivity contribution >= 4 is 0 Å². The molecule has 0 aliphatic heterocycles. The standard InChI is InChI=1S/C11H23NO/c1-9-5-10(2)7-11(6-9,13-4)8-12-3/h9-10,12H,5-8H2,1-4H3. The van der Waals surface area contributed by atoms with Gasteiger partial charge in [0.05, 0.1) is 5.60 Å². The predicted octanol–water partition coefficient (Wildman–Crippen LogP) is 2.05. The molecule has 1 aliphatic carbocycles. The normalized spacial score (nSPS) is 40.6. The number of methoxy groups -OCH3 is 1. The van der Waals surface area contributed by atoms with Gasteiger partial charge in [0, 0.05) is 13.7 Å².